The van der Waals surface area contributed by atoms with Crippen molar-refractivity contribution in [3.8, 4) is 0 Å². The van der Waals surface area contributed by atoms with E-state index in [0.717, 1.165) is 12.8 Å². The van der Waals surface area contributed by atoms with Gasteiger partial charge in [-0.15, -0.1) is 0 Å². The van der Waals surface area contributed by atoms with E-state index in [2.05, 4.69) is 12.7 Å². The molecule has 0 heterocycles. The Bertz CT molecular complexity index is 202. The molecule has 0 aliphatic heterocycles. The zero-order chi connectivity index (χ0) is 15.2. The smallest absolute Gasteiger partial charge is 0.136 e. The van der Waals surface area contributed by atoms with Crippen LogP contribution in [0.3, 0.4) is 0 Å². The molecule has 0 aromatic rings. The summed E-state index contributed by atoms with van der Waals surface area (Å²) in [6.45, 7) is 2.05. The molecule has 0 aliphatic carbocycles. The first kappa shape index (κ1) is 19.8. The fraction of sp³-hybridized carbons (Fsp3) is 1.00. The third kappa shape index (κ3) is 10.6. The highest BCUT2D eigenvalue weighted by atomic mass is 16.3. The molecule has 0 rings (SSSR count). The predicted molar refractivity (Wildman–Crippen MR) is 82.2 cm³/mol. The van der Waals surface area contributed by atoms with Crippen molar-refractivity contribution in [2.24, 2.45) is 0 Å². The fourth-order valence-electron chi connectivity index (χ4n) is 2.43. The van der Waals surface area contributed by atoms with Gasteiger partial charge in [0.15, 0.2) is 0 Å². The first-order chi connectivity index (χ1) is 9.63. The van der Waals surface area contributed by atoms with Gasteiger partial charge in [0.25, 0.3) is 0 Å². The highest BCUT2D eigenvalue weighted by Gasteiger charge is 2.24. The molecule has 0 radical (unpaired) electrons. The third-order valence-corrected chi connectivity index (χ3v) is 3.97. The van der Waals surface area contributed by atoms with Crippen LogP contribution < -0.4 is 5.73 Å². The monoisotopic (exact) mass is 290 g/mol. The summed E-state index contributed by atoms with van der Waals surface area (Å²) < 4.78 is 0. The standard InChI is InChI=1S/C16H35NO3/c1-2-3-4-5-6-7-8-9-10-11-12-15(19)16(20)14(17)13-18/h14-16,18-20H,2-13,17H2,1H3/p+1/t14-,15+,16-/m0/s1. The molecule has 0 spiro atoms. The van der Waals surface area contributed by atoms with E-state index >= 15 is 0 Å². The average molecular weight is 290 g/mol. The molecule has 0 bridgehead atoms. The molecule has 6 N–H and O–H groups in total. The van der Waals surface area contributed by atoms with Crippen molar-refractivity contribution >= 4 is 0 Å². The van der Waals surface area contributed by atoms with Gasteiger partial charge in [0.2, 0.25) is 0 Å². The lowest BCUT2D eigenvalue weighted by atomic mass is 10.00. The maximum absolute atomic E-state index is 9.74. The maximum atomic E-state index is 9.74. The summed E-state index contributed by atoms with van der Waals surface area (Å²) in [7, 11) is 0. The molecule has 122 valence electrons. The summed E-state index contributed by atoms with van der Waals surface area (Å²) in [6.07, 6.45) is 11.6. The fourth-order valence-corrected chi connectivity index (χ4v) is 2.43. The molecule has 4 nitrogen and oxygen atoms in total. The second-order valence-corrected chi connectivity index (χ2v) is 5.97. The number of aliphatic hydroxyl groups excluding tert-OH is 3. The van der Waals surface area contributed by atoms with Gasteiger partial charge in [0, 0.05) is 0 Å². The topological polar surface area (TPSA) is 88.3 Å². The van der Waals surface area contributed by atoms with Crippen LogP contribution in [0.2, 0.25) is 0 Å². The number of aliphatic hydroxyl groups is 3. The van der Waals surface area contributed by atoms with Crippen LogP contribution in [0.5, 0.6) is 0 Å². The zero-order valence-electron chi connectivity index (χ0n) is 13.3. The highest BCUT2D eigenvalue weighted by molar-refractivity contribution is 4.73. The molecular weight excluding hydrogens is 254 g/mol. The van der Waals surface area contributed by atoms with Crippen LogP contribution in [0.1, 0.15) is 77.6 Å². The Morgan fingerprint density at radius 1 is 0.800 bits per heavy atom. The minimum atomic E-state index is -0.904. The van der Waals surface area contributed by atoms with Crippen LogP contribution >= 0.6 is 0 Å². The number of rotatable bonds is 14. The summed E-state index contributed by atoms with van der Waals surface area (Å²) >= 11 is 0. The molecule has 0 amide bonds. The van der Waals surface area contributed by atoms with E-state index in [1.54, 1.807) is 0 Å². The summed E-state index contributed by atoms with van der Waals surface area (Å²) in [5.41, 5.74) is 3.62. The van der Waals surface area contributed by atoms with E-state index in [0.29, 0.717) is 6.42 Å². The lowest BCUT2D eigenvalue weighted by Crippen LogP contribution is -2.70. The normalized spacial score (nSPS) is 16.1. The van der Waals surface area contributed by atoms with Crippen molar-refractivity contribution in [3.63, 3.8) is 0 Å². The summed E-state index contributed by atoms with van der Waals surface area (Å²) in [4.78, 5) is 0. The zero-order valence-corrected chi connectivity index (χ0v) is 13.3. The Morgan fingerprint density at radius 2 is 1.25 bits per heavy atom. The first-order valence-corrected chi connectivity index (χ1v) is 8.43. The predicted octanol–water partition coefficient (Wildman–Crippen LogP) is 1.62. The van der Waals surface area contributed by atoms with Crippen molar-refractivity contribution < 1.29 is 21.1 Å². The van der Waals surface area contributed by atoms with E-state index in [1.807, 2.05) is 0 Å². The minimum Gasteiger partial charge on any atom is -0.390 e. The lowest BCUT2D eigenvalue weighted by molar-refractivity contribution is -0.447. The molecule has 0 saturated heterocycles. The number of quaternary nitrogens is 1. The van der Waals surface area contributed by atoms with Gasteiger partial charge in [0.05, 0.1) is 12.7 Å². The number of hydrogen-bond acceptors (Lipinski definition) is 3. The molecule has 0 fully saturated rings. The molecule has 20 heavy (non-hydrogen) atoms. The highest BCUT2D eigenvalue weighted by Crippen LogP contribution is 2.13. The van der Waals surface area contributed by atoms with Crippen LogP contribution in [0.15, 0.2) is 0 Å². The van der Waals surface area contributed by atoms with Gasteiger partial charge in [-0.1, -0.05) is 71.1 Å². The van der Waals surface area contributed by atoms with Gasteiger partial charge in [-0.05, 0) is 6.42 Å². The van der Waals surface area contributed by atoms with Gasteiger partial charge in [-0.3, -0.25) is 0 Å². The Hall–Kier alpha value is -0.160. The molecule has 4 heteroatoms. The van der Waals surface area contributed by atoms with E-state index in [4.69, 9.17) is 5.11 Å². The first-order valence-electron chi connectivity index (χ1n) is 8.43. The summed E-state index contributed by atoms with van der Waals surface area (Å²) in [5, 5.41) is 28.3. The van der Waals surface area contributed by atoms with E-state index < -0.39 is 18.2 Å². The van der Waals surface area contributed by atoms with Crippen LogP contribution in [0.4, 0.5) is 0 Å². The van der Waals surface area contributed by atoms with E-state index in [1.165, 1.54) is 51.4 Å². The summed E-state index contributed by atoms with van der Waals surface area (Å²) in [6, 6.07) is -0.492. The van der Waals surface area contributed by atoms with Gasteiger partial charge < -0.3 is 21.1 Å². The minimum absolute atomic E-state index is 0.184. The Labute approximate surface area is 124 Å². The molecular formula is C16H36NO3+. The van der Waals surface area contributed by atoms with Gasteiger partial charge in [-0.25, -0.2) is 0 Å². The van der Waals surface area contributed by atoms with Gasteiger partial charge in [-0.2, -0.15) is 0 Å². The molecule has 0 unspecified atom stereocenters. The SMILES string of the molecule is CCCCCCCCCCCC[C@@H](O)[C@@H](O)[C@@H]([NH3+])CO. The van der Waals surface area contributed by atoms with Crippen molar-refractivity contribution in [2.75, 3.05) is 6.61 Å². The number of unbranched alkanes of at least 4 members (excludes halogenated alkanes) is 9. The summed E-state index contributed by atoms with van der Waals surface area (Å²) in [5.74, 6) is 0. The van der Waals surface area contributed by atoms with E-state index in [-0.39, 0.29) is 6.61 Å². The largest absolute Gasteiger partial charge is 0.390 e. The molecule has 0 aliphatic rings. The van der Waals surface area contributed by atoms with Crippen molar-refractivity contribution in [1.29, 1.82) is 0 Å². The van der Waals surface area contributed by atoms with Crippen molar-refractivity contribution in [1.82, 2.24) is 0 Å². The Morgan fingerprint density at radius 3 is 1.70 bits per heavy atom. The van der Waals surface area contributed by atoms with Crippen LogP contribution in [0, 0.1) is 0 Å². The second kappa shape index (κ2) is 13.8. The average Bonchev–Trinajstić information content (AvgIpc) is 2.47. The van der Waals surface area contributed by atoms with Crippen molar-refractivity contribution in [3.05, 3.63) is 0 Å². The van der Waals surface area contributed by atoms with Gasteiger partial charge in [0.1, 0.15) is 12.1 Å². The quantitative estimate of drug-likeness (QED) is 0.367. The maximum Gasteiger partial charge on any atom is 0.136 e. The molecule has 0 aromatic carbocycles. The lowest BCUT2D eigenvalue weighted by Gasteiger charge is -2.19. The van der Waals surface area contributed by atoms with Crippen LogP contribution in [-0.2, 0) is 0 Å². The van der Waals surface area contributed by atoms with Crippen LogP contribution in [-0.4, -0.2) is 40.2 Å². The van der Waals surface area contributed by atoms with Crippen LogP contribution in [0.25, 0.3) is 0 Å². The third-order valence-electron chi connectivity index (χ3n) is 3.97. The molecule has 3 atom stereocenters. The second-order valence-electron chi connectivity index (χ2n) is 5.97. The molecule has 0 aromatic heterocycles. The molecule has 0 saturated carbocycles. The number of hydrogen-bond donors (Lipinski definition) is 4. The van der Waals surface area contributed by atoms with Crippen molar-refractivity contribution in [2.45, 2.75) is 95.8 Å². The van der Waals surface area contributed by atoms with Gasteiger partial charge >= 0.3 is 0 Å². The van der Waals surface area contributed by atoms with E-state index in [9.17, 15) is 10.2 Å². The Balaban J connectivity index is 3.31. The Kier molecular flexibility index (Phi) is 13.7.